The molecule has 132 valence electrons. The Labute approximate surface area is 148 Å². The monoisotopic (exact) mass is 365 g/mol. The quantitative estimate of drug-likeness (QED) is 0.870. The van der Waals surface area contributed by atoms with Gasteiger partial charge in [-0.2, -0.15) is 0 Å². The molecule has 0 saturated carbocycles. The zero-order chi connectivity index (χ0) is 17.6. The third-order valence-electron chi connectivity index (χ3n) is 3.55. The van der Waals surface area contributed by atoms with Crippen molar-refractivity contribution in [3.05, 3.63) is 53.6 Å². The van der Waals surface area contributed by atoms with Gasteiger partial charge in [0.2, 0.25) is 5.91 Å². The van der Waals surface area contributed by atoms with Crippen LogP contribution in [0.2, 0.25) is 0 Å². The molecule has 0 spiro atoms. The van der Waals surface area contributed by atoms with Crippen LogP contribution in [-0.4, -0.2) is 24.9 Å². The minimum Gasteiger partial charge on any atom is -0.490 e. The average Bonchev–Trinajstić information content (AvgIpc) is 2.83. The van der Waals surface area contributed by atoms with Crippen LogP contribution in [0.1, 0.15) is 12.0 Å². The number of hydrogen-bond acceptors (Lipinski definition) is 4. The minimum absolute atomic E-state index is 0.129. The number of amides is 1. The zero-order valence-electron chi connectivity index (χ0n) is 13.4. The molecule has 0 radical (unpaired) electrons. The highest BCUT2D eigenvalue weighted by Crippen LogP contribution is 2.32. The topological polar surface area (TPSA) is 47.6 Å². The van der Waals surface area contributed by atoms with Gasteiger partial charge in [0.25, 0.3) is 0 Å². The van der Waals surface area contributed by atoms with Gasteiger partial charge in [0, 0.05) is 29.5 Å². The van der Waals surface area contributed by atoms with Crippen LogP contribution in [0.5, 0.6) is 11.5 Å². The third-order valence-corrected chi connectivity index (χ3v) is 4.54. The van der Waals surface area contributed by atoms with E-state index in [-0.39, 0.29) is 23.0 Å². The molecule has 7 heteroatoms. The molecule has 2 aromatic rings. The van der Waals surface area contributed by atoms with Crippen molar-refractivity contribution >= 4 is 23.4 Å². The molecule has 0 atom stereocenters. The number of thioether (sulfide) groups is 1. The van der Waals surface area contributed by atoms with E-state index >= 15 is 0 Å². The second kappa shape index (κ2) is 8.20. The predicted octanol–water partition coefficient (Wildman–Crippen LogP) is 4.00. The van der Waals surface area contributed by atoms with E-state index in [2.05, 4.69) is 5.32 Å². The van der Waals surface area contributed by atoms with Crippen LogP contribution < -0.4 is 14.8 Å². The van der Waals surface area contributed by atoms with Crippen LogP contribution >= 0.6 is 11.8 Å². The fourth-order valence-corrected chi connectivity index (χ4v) is 3.15. The first kappa shape index (κ1) is 17.5. The molecule has 1 aliphatic heterocycles. The molecule has 0 aliphatic carbocycles. The summed E-state index contributed by atoms with van der Waals surface area (Å²) >= 11 is 1.21. The SMILES string of the molecule is O=C(CSCc1cccc(F)c1F)Nc1ccc2c(c1)OCCCO2. The molecule has 4 nitrogen and oxygen atoms in total. The van der Waals surface area contributed by atoms with E-state index in [0.717, 1.165) is 12.5 Å². The molecule has 1 N–H and O–H groups in total. The summed E-state index contributed by atoms with van der Waals surface area (Å²) < 4.78 is 37.8. The Morgan fingerprint density at radius 3 is 2.76 bits per heavy atom. The highest BCUT2D eigenvalue weighted by molar-refractivity contribution is 7.99. The normalized spacial score (nSPS) is 13.2. The Morgan fingerprint density at radius 2 is 1.92 bits per heavy atom. The van der Waals surface area contributed by atoms with Gasteiger partial charge in [-0.1, -0.05) is 12.1 Å². The standard InChI is InChI=1S/C18H17F2NO3S/c19-14-4-1-3-12(18(14)20)10-25-11-17(22)21-13-5-6-15-16(9-13)24-8-2-7-23-15/h1,3-6,9H,2,7-8,10-11H2,(H,21,22). The van der Waals surface area contributed by atoms with Gasteiger partial charge in [-0.05, 0) is 18.2 Å². The lowest BCUT2D eigenvalue weighted by Gasteiger charge is -2.10. The van der Waals surface area contributed by atoms with Crippen molar-refractivity contribution in [2.45, 2.75) is 12.2 Å². The zero-order valence-corrected chi connectivity index (χ0v) is 14.2. The summed E-state index contributed by atoms with van der Waals surface area (Å²) in [6, 6.07) is 9.24. The number of benzene rings is 2. The van der Waals surface area contributed by atoms with E-state index in [4.69, 9.17) is 9.47 Å². The maximum Gasteiger partial charge on any atom is 0.234 e. The van der Waals surface area contributed by atoms with Crippen LogP contribution in [0.3, 0.4) is 0 Å². The van der Waals surface area contributed by atoms with E-state index < -0.39 is 11.6 Å². The number of rotatable bonds is 5. The lowest BCUT2D eigenvalue weighted by atomic mass is 10.2. The smallest absolute Gasteiger partial charge is 0.234 e. The molecule has 1 amide bonds. The number of fused-ring (bicyclic) bond motifs is 1. The molecule has 0 bridgehead atoms. The van der Waals surface area contributed by atoms with Crippen molar-refractivity contribution in [2.24, 2.45) is 0 Å². The molecular weight excluding hydrogens is 348 g/mol. The van der Waals surface area contributed by atoms with Gasteiger partial charge in [0.05, 0.1) is 19.0 Å². The van der Waals surface area contributed by atoms with Gasteiger partial charge < -0.3 is 14.8 Å². The van der Waals surface area contributed by atoms with Gasteiger partial charge in [-0.3, -0.25) is 4.79 Å². The lowest BCUT2D eigenvalue weighted by Crippen LogP contribution is -2.14. The number of hydrogen-bond donors (Lipinski definition) is 1. The first-order valence-electron chi connectivity index (χ1n) is 7.83. The fraction of sp³-hybridized carbons (Fsp3) is 0.278. The average molecular weight is 365 g/mol. The van der Waals surface area contributed by atoms with Crippen LogP contribution in [-0.2, 0) is 10.5 Å². The number of nitrogens with one attached hydrogen (secondary N) is 1. The molecule has 1 aliphatic rings. The van der Waals surface area contributed by atoms with Crippen molar-refractivity contribution < 1.29 is 23.0 Å². The lowest BCUT2D eigenvalue weighted by molar-refractivity contribution is -0.113. The summed E-state index contributed by atoms with van der Waals surface area (Å²) in [4.78, 5) is 12.0. The molecule has 0 saturated heterocycles. The molecule has 3 rings (SSSR count). The van der Waals surface area contributed by atoms with Crippen molar-refractivity contribution in [1.29, 1.82) is 0 Å². The van der Waals surface area contributed by atoms with Gasteiger partial charge in [-0.15, -0.1) is 11.8 Å². The Bertz CT molecular complexity index is 770. The van der Waals surface area contributed by atoms with E-state index in [1.165, 1.54) is 23.9 Å². The molecular formula is C18H17F2NO3S. The van der Waals surface area contributed by atoms with Crippen molar-refractivity contribution in [3.8, 4) is 11.5 Å². The second-order valence-electron chi connectivity index (χ2n) is 5.47. The molecule has 0 fully saturated rings. The molecule has 0 unspecified atom stereocenters. The Balaban J connectivity index is 1.52. The number of halogens is 2. The first-order valence-corrected chi connectivity index (χ1v) is 8.99. The molecule has 25 heavy (non-hydrogen) atoms. The third kappa shape index (κ3) is 4.63. The number of carbonyl (C=O) groups is 1. The Kier molecular flexibility index (Phi) is 5.75. The summed E-state index contributed by atoms with van der Waals surface area (Å²) in [5.74, 6) is -0.358. The number of ether oxygens (including phenoxy) is 2. The summed E-state index contributed by atoms with van der Waals surface area (Å²) in [6.07, 6.45) is 0.809. The fourth-order valence-electron chi connectivity index (χ4n) is 2.35. The first-order chi connectivity index (χ1) is 12.1. The van der Waals surface area contributed by atoms with Crippen LogP contribution in [0, 0.1) is 11.6 Å². The van der Waals surface area contributed by atoms with Crippen molar-refractivity contribution in [2.75, 3.05) is 24.3 Å². The number of carbonyl (C=O) groups excluding carboxylic acids is 1. The second-order valence-corrected chi connectivity index (χ2v) is 6.45. The minimum atomic E-state index is -0.880. The molecule has 2 aromatic carbocycles. The van der Waals surface area contributed by atoms with E-state index in [9.17, 15) is 13.6 Å². The van der Waals surface area contributed by atoms with Crippen molar-refractivity contribution in [1.82, 2.24) is 0 Å². The van der Waals surface area contributed by atoms with Gasteiger partial charge in [0.1, 0.15) is 0 Å². The van der Waals surface area contributed by atoms with Crippen molar-refractivity contribution in [3.63, 3.8) is 0 Å². The van der Waals surface area contributed by atoms with E-state index in [0.29, 0.717) is 30.4 Å². The van der Waals surface area contributed by atoms with Crippen LogP contribution in [0.15, 0.2) is 36.4 Å². The van der Waals surface area contributed by atoms with E-state index in [1.807, 2.05) is 0 Å². The summed E-state index contributed by atoms with van der Waals surface area (Å²) in [5, 5.41) is 2.76. The van der Waals surface area contributed by atoms with Crippen LogP contribution in [0.4, 0.5) is 14.5 Å². The predicted molar refractivity (Wildman–Crippen MR) is 93.2 cm³/mol. The Hall–Kier alpha value is -2.28. The largest absolute Gasteiger partial charge is 0.490 e. The van der Waals surface area contributed by atoms with Gasteiger partial charge in [-0.25, -0.2) is 8.78 Å². The summed E-state index contributed by atoms with van der Waals surface area (Å²) in [7, 11) is 0. The Morgan fingerprint density at radius 1 is 1.12 bits per heavy atom. The summed E-state index contributed by atoms with van der Waals surface area (Å²) in [6.45, 7) is 1.17. The highest BCUT2D eigenvalue weighted by Gasteiger charge is 2.12. The molecule has 1 heterocycles. The molecule has 0 aromatic heterocycles. The van der Waals surface area contributed by atoms with Crippen LogP contribution in [0.25, 0.3) is 0 Å². The number of anilines is 1. The van der Waals surface area contributed by atoms with E-state index in [1.54, 1.807) is 18.2 Å². The maximum atomic E-state index is 13.6. The maximum absolute atomic E-state index is 13.6. The van der Waals surface area contributed by atoms with Gasteiger partial charge >= 0.3 is 0 Å². The van der Waals surface area contributed by atoms with Gasteiger partial charge in [0.15, 0.2) is 23.1 Å². The highest BCUT2D eigenvalue weighted by atomic mass is 32.2. The summed E-state index contributed by atoms with van der Waals surface area (Å²) in [5.41, 5.74) is 0.847.